The molecule has 1 unspecified atom stereocenters. The molecule has 5 heterocycles. The fourth-order valence-corrected chi connectivity index (χ4v) is 9.79. The molecule has 6 aromatic rings. The summed E-state index contributed by atoms with van der Waals surface area (Å²) < 4.78 is 54.2. The van der Waals surface area contributed by atoms with Crippen LogP contribution in [0.1, 0.15) is 48.8 Å². The van der Waals surface area contributed by atoms with Gasteiger partial charge in [-0.3, -0.25) is 28.7 Å². The summed E-state index contributed by atoms with van der Waals surface area (Å²) in [5.74, 6) is -1.23. The molecule has 0 aliphatic carbocycles. The lowest BCUT2D eigenvalue weighted by molar-refractivity contribution is -0.375. The van der Waals surface area contributed by atoms with Gasteiger partial charge in [0.2, 0.25) is 18.4 Å². The van der Waals surface area contributed by atoms with Crippen molar-refractivity contribution in [3.63, 3.8) is 0 Å². The van der Waals surface area contributed by atoms with Crippen molar-refractivity contribution < 1.29 is 31.3 Å². The molecule has 3 aliphatic heterocycles. The summed E-state index contributed by atoms with van der Waals surface area (Å²) in [6, 6.07) is 21.4. The number of likely N-dealkylation sites (tertiary alicyclic amines) is 1. The van der Waals surface area contributed by atoms with Gasteiger partial charge in [0.15, 0.2) is 5.82 Å². The molecule has 17 heteroatoms. The molecule has 15 nitrogen and oxygen atoms in total. The van der Waals surface area contributed by atoms with Crippen LogP contribution in [0.5, 0.6) is 5.75 Å². The van der Waals surface area contributed by atoms with Crippen molar-refractivity contribution in [1.82, 2.24) is 29.1 Å². The number of aromatic nitrogens is 4. The molecule has 9 rings (SSSR count). The van der Waals surface area contributed by atoms with Crippen LogP contribution in [0.15, 0.2) is 90.0 Å². The van der Waals surface area contributed by atoms with Gasteiger partial charge in [-0.05, 0) is 84.6 Å². The summed E-state index contributed by atoms with van der Waals surface area (Å²) in [5, 5.41) is 7.64. The third kappa shape index (κ3) is 7.07. The van der Waals surface area contributed by atoms with Gasteiger partial charge in [-0.15, -0.1) is 8.42 Å². The molecule has 1 atom stereocenters. The number of imide groups is 1. The molecule has 3 fully saturated rings. The number of nitrogens with zero attached hydrogens (tertiary/aromatic N) is 7. The zero-order valence-electron chi connectivity index (χ0n) is 32.3. The van der Waals surface area contributed by atoms with Crippen molar-refractivity contribution in [2.24, 2.45) is 7.05 Å². The molecule has 0 spiro atoms. The van der Waals surface area contributed by atoms with E-state index in [4.69, 9.17) is 4.74 Å². The number of hydrogen-bond donors (Lipinski definition) is 1. The number of amides is 2. The van der Waals surface area contributed by atoms with E-state index in [1.165, 1.54) is 4.57 Å². The predicted molar refractivity (Wildman–Crippen MR) is 218 cm³/mol. The minimum Gasteiger partial charge on any atom is -0.487 e. The van der Waals surface area contributed by atoms with E-state index >= 15 is 4.39 Å². The number of nitroso groups, excluding NO2 is 1. The number of hydrogen-bond acceptors (Lipinski definition) is 9. The van der Waals surface area contributed by atoms with Crippen molar-refractivity contribution in [3.8, 4) is 16.9 Å². The molecule has 3 aliphatic rings. The molecule has 0 radical (unpaired) electrons. The van der Waals surface area contributed by atoms with Gasteiger partial charge < -0.3 is 9.64 Å². The van der Waals surface area contributed by atoms with Crippen LogP contribution in [-0.2, 0) is 40.0 Å². The Morgan fingerprint density at radius 2 is 1.71 bits per heavy atom. The van der Waals surface area contributed by atoms with Crippen molar-refractivity contribution in [2.45, 2.75) is 50.8 Å². The standard InChI is InChI=1S/C42H41FN8O7S/c1-46-36-22-30(9-10-34(36)51(42(46)54)35-11-12-38(52)45-41(35)53)28-13-15-47(16-14-28)17-18-48-25-32(24-44-48)29-7-8-31-23-37(58-26-27-5-3-2-4-6-27)40(39(43)33(31)21-29)49-19-20-50(55)59(49,56)57/h2-10,21-25,28,35H,11-20,26H2,1H3/p+1. The molecule has 2 amide bonds. The lowest BCUT2D eigenvalue weighted by Crippen LogP contribution is -2.44. The van der Waals surface area contributed by atoms with Crippen LogP contribution >= 0.6 is 0 Å². The minimum absolute atomic E-state index is 0.0251. The number of benzene rings is 4. The van der Waals surface area contributed by atoms with Crippen LogP contribution in [0.4, 0.5) is 10.1 Å². The van der Waals surface area contributed by atoms with E-state index in [0.717, 1.165) is 59.0 Å². The highest BCUT2D eigenvalue weighted by Crippen LogP contribution is 2.41. The van der Waals surface area contributed by atoms with E-state index in [1.54, 1.807) is 36.0 Å². The smallest absolute Gasteiger partial charge is 0.487 e. The van der Waals surface area contributed by atoms with E-state index in [-0.39, 0.29) is 58.7 Å². The maximum absolute atomic E-state index is 16.6. The van der Waals surface area contributed by atoms with Gasteiger partial charge in [0.05, 0.1) is 23.8 Å². The van der Waals surface area contributed by atoms with Gasteiger partial charge in [-0.2, -0.15) is 9.40 Å². The Kier molecular flexibility index (Phi) is 9.87. The fourth-order valence-electron chi connectivity index (χ4n) is 8.55. The monoisotopic (exact) mass is 821 g/mol. The van der Waals surface area contributed by atoms with E-state index in [0.29, 0.717) is 35.3 Å². The van der Waals surface area contributed by atoms with Gasteiger partial charge in [0.1, 0.15) is 34.8 Å². The Labute approximate surface area is 338 Å². The van der Waals surface area contributed by atoms with Crippen molar-refractivity contribution in [2.75, 3.05) is 37.0 Å². The highest BCUT2D eigenvalue weighted by atomic mass is 32.2. The van der Waals surface area contributed by atoms with E-state index in [1.807, 2.05) is 59.4 Å². The zero-order chi connectivity index (χ0) is 41.0. The Morgan fingerprint density at radius 1 is 0.915 bits per heavy atom. The third-order valence-corrected chi connectivity index (χ3v) is 13.5. The zero-order valence-corrected chi connectivity index (χ0v) is 33.1. The molecule has 0 saturated carbocycles. The number of imidazole rings is 1. The summed E-state index contributed by atoms with van der Waals surface area (Å²) in [6.07, 6.45) is 5.99. The van der Waals surface area contributed by atoms with Crippen LogP contribution in [-0.4, -0.2) is 80.9 Å². The molecule has 3 saturated heterocycles. The fraction of sp³-hybridized carbons (Fsp3) is 0.333. The highest BCUT2D eigenvalue weighted by molar-refractivity contribution is 7.87. The van der Waals surface area contributed by atoms with Gasteiger partial charge in [-0.25, -0.2) is 9.18 Å². The maximum Gasteiger partial charge on any atom is 0.512 e. The first kappa shape index (κ1) is 38.3. The average molecular weight is 822 g/mol. The topological polar surface area (TPSA) is 161 Å². The largest absolute Gasteiger partial charge is 0.512 e. The minimum atomic E-state index is -4.48. The first-order valence-electron chi connectivity index (χ1n) is 19.7. The normalized spacial score (nSPS) is 18.9. The number of halogens is 1. The second-order valence-electron chi connectivity index (χ2n) is 15.4. The summed E-state index contributed by atoms with van der Waals surface area (Å²) in [5.41, 5.74) is 4.30. The third-order valence-electron chi connectivity index (χ3n) is 11.8. The lowest BCUT2D eigenvalue weighted by Gasteiger charge is -2.32. The predicted octanol–water partition coefficient (Wildman–Crippen LogP) is 4.78. The molecule has 4 aromatic carbocycles. The first-order valence-corrected chi connectivity index (χ1v) is 21.1. The number of carbonyl (C=O) groups excluding carboxylic acids is 2. The van der Waals surface area contributed by atoms with E-state index in [2.05, 4.69) is 21.4 Å². The number of ether oxygens (including phenoxy) is 1. The van der Waals surface area contributed by atoms with Crippen molar-refractivity contribution >= 4 is 49.5 Å². The lowest BCUT2D eigenvalue weighted by atomic mass is 9.89. The number of aryl methyl sites for hydroxylation is 1. The quantitative estimate of drug-likeness (QED) is 0.152. The van der Waals surface area contributed by atoms with Crippen LogP contribution in [0, 0.1) is 10.7 Å². The average Bonchev–Trinajstić information content (AvgIpc) is 3.90. The van der Waals surface area contributed by atoms with Gasteiger partial charge in [-0.1, -0.05) is 48.5 Å². The summed E-state index contributed by atoms with van der Waals surface area (Å²) >= 11 is 0. The molecule has 59 heavy (non-hydrogen) atoms. The number of rotatable bonds is 10. The highest BCUT2D eigenvalue weighted by Gasteiger charge is 2.48. The Morgan fingerprint density at radius 3 is 2.46 bits per heavy atom. The number of nitrogens with one attached hydrogen (secondary N) is 1. The Bertz CT molecular complexity index is 2830. The molecule has 304 valence electrons. The molecule has 0 bridgehead atoms. The van der Waals surface area contributed by atoms with Gasteiger partial charge >= 0.3 is 15.9 Å². The number of anilines is 1. The second kappa shape index (κ2) is 15.2. The maximum atomic E-state index is 16.6. The number of fused-ring (bicyclic) bond motifs is 2. The second-order valence-corrected chi connectivity index (χ2v) is 17.1. The van der Waals surface area contributed by atoms with Crippen LogP contribution in [0.2, 0.25) is 0 Å². The summed E-state index contributed by atoms with van der Waals surface area (Å²) in [7, 11) is -2.77. The molecule has 2 aromatic heterocycles. The summed E-state index contributed by atoms with van der Waals surface area (Å²) in [4.78, 5) is 52.1. The SMILES string of the molecule is Cn1c(=O)n(C2CCC(=O)NC2=O)c2ccc(C3CCN(CCn4cc(-c5ccc6cc(OCc7ccccc7)c(N7CC[N+](=O)S7(=O)=O)c(F)c6c5)cn4)CC3)cc21. The Hall–Kier alpha value is -6.20. The van der Waals surface area contributed by atoms with Crippen LogP contribution in [0.25, 0.3) is 32.9 Å². The number of carbonyl (C=O) groups is 2. The van der Waals surface area contributed by atoms with Crippen LogP contribution < -0.4 is 20.0 Å². The molecular formula is C42H42FN8O7S+. The number of piperidine rings is 2. The Balaban J connectivity index is 0.873. The van der Waals surface area contributed by atoms with E-state index in [9.17, 15) is 27.7 Å². The first-order chi connectivity index (χ1) is 28.5. The van der Waals surface area contributed by atoms with Gasteiger partial charge in [0.25, 0.3) is 0 Å². The van der Waals surface area contributed by atoms with Gasteiger partial charge in [0, 0.05) is 42.1 Å². The molecular weight excluding hydrogens is 780 g/mol. The van der Waals surface area contributed by atoms with E-state index < -0.39 is 28.0 Å². The molecule has 1 N–H and O–H groups in total. The van der Waals surface area contributed by atoms with Crippen molar-refractivity contribution in [3.05, 3.63) is 118 Å². The summed E-state index contributed by atoms with van der Waals surface area (Å²) in [6.45, 7) is 2.73. The van der Waals surface area contributed by atoms with Crippen LogP contribution in [0.3, 0.4) is 0 Å². The van der Waals surface area contributed by atoms with Crippen molar-refractivity contribution in [1.29, 1.82) is 0 Å².